The van der Waals surface area contributed by atoms with Crippen LogP contribution in [-0.4, -0.2) is 31.8 Å². The molecule has 0 aromatic heterocycles. The average molecular weight is 420 g/mol. The van der Waals surface area contributed by atoms with Crippen molar-refractivity contribution in [1.82, 2.24) is 0 Å². The molecule has 0 N–H and O–H groups in total. The number of carbonyl (C=O) groups excluding carboxylic acids is 2. The Morgan fingerprint density at radius 2 is 1.39 bits per heavy atom. The molecule has 6 nitrogen and oxygen atoms in total. The smallest absolute Gasteiger partial charge is 0.349 e. The van der Waals surface area contributed by atoms with E-state index in [9.17, 15) is 9.59 Å². The van der Waals surface area contributed by atoms with Gasteiger partial charge >= 0.3 is 11.9 Å². The third kappa shape index (κ3) is 7.19. The second-order valence-electron chi connectivity index (χ2n) is 6.91. The van der Waals surface area contributed by atoms with E-state index in [1.807, 2.05) is 62.4 Å². The first-order valence-corrected chi connectivity index (χ1v) is 9.86. The van der Waals surface area contributed by atoms with Crippen LogP contribution < -0.4 is 14.2 Å². The minimum atomic E-state index is -0.535. The SMILES string of the molecule is Cc1cc(C)cc(OCC(=O)Oc2ccc(C(=O)OCCOc3ccccc3)cc2)c1. The lowest BCUT2D eigenvalue weighted by atomic mass is 10.1. The van der Waals surface area contributed by atoms with Crippen LogP contribution in [0.4, 0.5) is 0 Å². The molecular formula is C25H24O6. The van der Waals surface area contributed by atoms with Gasteiger partial charge in [-0.3, -0.25) is 0 Å². The van der Waals surface area contributed by atoms with E-state index in [0.29, 0.717) is 22.8 Å². The molecule has 0 amide bonds. The average Bonchev–Trinajstić information content (AvgIpc) is 2.76. The summed E-state index contributed by atoms with van der Waals surface area (Å²) in [5.41, 5.74) is 2.46. The predicted octanol–water partition coefficient (Wildman–Crippen LogP) is 4.52. The summed E-state index contributed by atoms with van der Waals surface area (Å²) in [5.74, 6) is 0.633. The van der Waals surface area contributed by atoms with Crippen molar-refractivity contribution in [3.63, 3.8) is 0 Å². The minimum Gasteiger partial charge on any atom is -0.490 e. The molecule has 0 aliphatic heterocycles. The standard InChI is InChI=1S/C25H24O6/c1-18-14-19(2)16-23(15-18)30-17-24(26)31-22-10-8-20(9-11-22)25(27)29-13-12-28-21-6-4-3-5-7-21/h3-11,14-16H,12-13,17H2,1-2H3. The van der Waals surface area contributed by atoms with E-state index in [1.54, 1.807) is 0 Å². The third-order valence-electron chi connectivity index (χ3n) is 4.20. The van der Waals surface area contributed by atoms with Crippen LogP contribution in [0.5, 0.6) is 17.2 Å². The van der Waals surface area contributed by atoms with E-state index in [0.717, 1.165) is 11.1 Å². The van der Waals surface area contributed by atoms with Gasteiger partial charge in [-0.1, -0.05) is 24.3 Å². The molecule has 31 heavy (non-hydrogen) atoms. The van der Waals surface area contributed by atoms with Crippen molar-refractivity contribution in [2.24, 2.45) is 0 Å². The van der Waals surface area contributed by atoms with Crippen molar-refractivity contribution in [2.45, 2.75) is 13.8 Å². The summed E-state index contributed by atoms with van der Waals surface area (Å²) in [6, 6.07) is 21.1. The molecule has 0 unspecified atom stereocenters. The zero-order valence-corrected chi connectivity index (χ0v) is 17.5. The van der Waals surface area contributed by atoms with Crippen LogP contribution in [0.15, 0.2) is 72.8 Å². The Morgan fingerprint density at radius 3 is 2.06 bits per heavy atom. The van der Waals surface area contributed by atoms with Gasteiger partial charge in [0.05, 0.1) is 5.56 Å². The molecule has 0 saturated carbocycles. The molecular weight excluding hydrogens is 396 g/mol. The summed E-state index contributed by atoms with van der Waals surface area (Å²) in [5, 5.41) is 0. The van der Waals surface area contributed by atoms with Gasteiger partial charge in [-0.05, 0) is 73.5 Å². The van der Waals surface area contributed by atoms with E-state index in [1.165, 1.54) is 24.3 Å². The van der Waals surface area contributed by atoms with Gasteiger partial charge in [0.2, 0.25) is 0 Å². The Balaban J connectivity index is 1.41. The van der Waals surface area contributed by atoms with Crippen molar-refractivity contribution in [3.05, 3.63) is 89.5 Å². The molecule has 0 spiro atoms. The van der Waals surface area contributed by atoms with Crippen molar-refractivity contribution in [3.8, 4) is 17.2 Å². The highest BCUT2D eigenvalue weighted by Crippen LogP contribution is 2.17. The van der Waals surface area contributed by atoms with Crippen molar-refractivity contribution < 1.29 is 28.5 Å². The van der Waals surface area contributed by atoms with Gasteiger partial charge in [0.15, 0.2) is 6.61 Å². The van der Waals surface area contributed by atoms with Gasteiger partial charge in [0.25, 0.3) is 0 Å². The van der Waals surface area contributed by atoms with E-state index in [-0.39, 0.29) is 19.8 Å². The molecule has 160 valence electrons. The number of aryl methyl sites for hydroxylation is 2. The van der Waals surface area contributed by atoms with Crippen LogP contribution in [0.25, 0.3) is 0 Å². The van der Waals surface area contributed by atoms with Crippen molar-refractivity contribution in [2.75, 3.05) is 19.8 Å². The summed E-state index contributed by atoms with van der Waals surface area (Å²) >= 11 is 0. The highest BCUT2D eigenvalue weighted by molar-refractivity contribution is 5.89. The summed E-state index contributed by atoms with van der Waals surface area (Å²) in [6.07, 6.45) is 0. The van der Waals surface area contributed by atoms with Gasteiger partial charge in [0.1, 0.15) is 30.5 Å². The Bertz CT molecular complexity index is 992. The number of carbonyl (C=O) groups is 2. The Morgan fingerprint density at radius 1 is 0.710 bits per heavy atom. The summed E-state index contributed by atoms with van der Waals surface area (Å²) in [4.78, 5) is 24.1. The molecule has 0 fully saturated rings. The van der Waals surface area contributed by atoms with Crippen LogP contribution in [0, 0.1) is 13.8 Å². The maximum absolute atomic E-state index is 12.1. The van der Waals surface area contributed by atoms with Crippen LogP contribution in [0.2, 0.25) is 0 Å². The second-order valence-corrected chi connectivity index (χ2v) is 6.91. The first-order chi connectivity index (χ1) is 15.0. The fourth-order valence-electron chi connectivity index (χ4n) is 2.87. The molecule has 0 aliphatic carbocycles. The number of hydrogen-bond acceptors (Lipinski definition) is 6. The second kappa shape index (κ2) is 10.8. The quantitative estimate of drug-likeness (QED) is 0.288. The largest absolute Gasteiger partial charge is 0.490 e. The topological polar surface area (TPSA) is 71.1 Å². The third-order valence-corrected chi connectivity index (χ3v) is 4.20. The lowest BCUT2D eigenvalue weighted by molar-refractivity contribution is -0.136. The molecule has 6 heteroatoms. The molecule has 3 aromatic rings. The number of hydrogen-bond donors (Lipinski definition) is 0. The van der Waals surface area contributed by atoms with Crippen LogP contribution in [0.1, 0.15) is 21.5 Å². The van der Waals surface area contributed by atoms with Crippen LogP contribution >= 0.6 is 0 Å². The lowest BCUT2D eigenvalue weighted by Crippen LogP contribution is -2.18. The lowest BCUT2D eigenvalue weighted by Gasteiger charge is -2.09. The van der Waals surface area contributed by atoms with Crippen molar-refractivity contribution >= 4 is 11.9 Å². The first kappa shape index (κ1) is 21.9. The zero-order chi connectivity index (χ0) is 22.1. The fraction of sp³-hybridized carbons (Fsp3) is 0.200. The number of benzene rings is 3. The van der Waals surface area contributed by atoms with Gasteiger partial charge < -0.3 is 18.9 Å². The number of para-hydroxylation sites is 1. The van der Waals surface area contributed by atoms with Crippen molar-refractivity contribution in [1.29, 1.82) is 0 Å². The zero-order valence-electron chi connectivity index (χ0n) is 17.5. The molecule has 3 aromatic carbocycles. The normalized spacial score (nSPS) is 10.3. The molecule has 0 bridgehead atoms. The number of esters is 2. The molecule has 3 rings (SSSR count). The molecule has 0 aliphatic rings. The molecule has 0 heterocycles. The highest BCUT2D eigenvalue weighted by Gasteiger charge is 2.10. The Kier molecular flexibility index (Phi) is 7.65. The monoisotopic (exact) mass is 420 g/mol. The van der Waals surface area contributed by atoms with Gasteiger partial charge in [0, 0.05) is 0 Å². The highest BCUT2D eigenvalue weighted by atomic mass is 16.6. The number of rotatable bonds is 9. The maximum atomic E-state index is 12.1. The summed E-state index contributed by atoms with van der Waals surface area (Å²) in [6.45, 7) is 4.09. The molecule has 0 saturated heterocycles. The Hall–Kier alpha value is -3.80. The van der Waals surface area contributed by atoms with E-state index in [4.69, 9.17) is 18.9 Å². The van der Waals surface area contributed by atoms with Gasteiger partial charge in [-0.15, -0.1) is 0 Å². The summed E-state index contributed by atoms with van der Waals surface area (Å²) < 4.78 is 21.4. The fourth-order valence-corrected chi connectivity index (χ4v) is 2.87. The first-order valence-electron chi connectivity index (χ1n) is 9.86. The van der Waals surface area contributed by atoms with Gasteiger partial charge in [-0.2, -0.15) is 0 Å². The van der Waals surface area contributed by atoms with E-state index < -0.39 is 11.9 Å². The van der Waals surface area contributed by atoms with E-state index in [2.05, 4.69) is 0 Å². The minimum absolute atomic E-state index is 0.125. The Labute approximate surface area is 181 Å². The predicted molar refractivity (Wildman–Crippen MR) is 116 cm³/mol. The molecule has 0 atom stereocenters. The molecule has 0 radical (unpaired) electrons. The summed E-state index contributed by atoms with van der Waals surface area (Å²) in [7, 11) is 0. The maximum Gasteiger partial charge on any atom is 0.349 e. The van der Waals surface area contributed by atoms with Crippen LogP contribution in [0.3, 0.4) is 0 Å². The number of ether oxygens (including phenoxy) is 4. The van der Waals surface area contributed by atoms with E-state index >= 15 is 0 Å². The van der Waals surface area contributed by atoms with Gasteiger partial charge in [-0.25, -0.2) is 9.59 Å². The van der Waals surface area contributed by atoms with Crippen LogP contribution in [-0.2, 0) is 9.53 Å².